The van der Waals surface area contributed by atoms with Crippen LogP contribution >= 0.6 is 7.82 Å². The lowest BCUT2D eigenvalue weighted by atomic mass is 10.0. The molecule has 0 spiro atoms. The van der Waals surface area contributed by atoms with Gasteiger partial charge in [-0.15, -0.1) is 0 Å². The van der Waals surface area contributed by atoms with Gasteiger partial charge >= 0.3 is 5.97 Å². The average molecular weight is 1020 g/mol. The van der Waals surface area contributed by atoms with Crippen LogP contribution in [0.15, 0.2) is 72.9 Å². The Morgan fingerprint density at radius 1 is 0.493 bits per heavy atom. The second-order valence-electron chi connectivity index (χ2n) is 20.8. The largest absolute Gasteiger partial charge is 0.756 e. The van der Waals surface area contributed by atoms with E-state index in [1.54, 1.807) is 6.08 Å². The molecule has 0 saturated carbocycles. The fourth-order valence-corrected chi connectivity index (χ4v) is 8.77. The van der Waals surface area contributed by atoms with E-state index in [2.05, 4.69) is 80.8 Å². The van der Waals surface area contributed by atoms with Crippen molar-refractivity contribution >= 4 is 19.7 Å². The maximum absolute atomic E-state index is 13.5. The van der Waals surface area contributed by atoms with Crippen molar-refractivity contribution in [1.29, 1.82) is 0 Å². The summed E-state index contributed by atoms with van der Waals surface area (Å²) in [5, 5.41) is 3.00. The summed E-state index contributed by atoms with van der Waals surface area (Å²) < 4.78 is 30.2. The van der Waals surface area contributed by atoms with E-state index in [0.29, 0.717) is 23.9 Å². The molecule has 0 fully saturated rings. The Kier molecular flexibility index (Phi) is 49.1. The van der Waals surface area contributed by atoms with Crippen LogP contribution in [0.3, 0.4) is 0 Å². The van der Waals surface area contributed by atoms with Crippen molar-refractivity contribution in [3.8, 4) is 0 Å². The zero-order valence-electron chi connectivity index (χ0n) is 46.9. The fourth-order valence-electron chi connectivity index (χ4n) is 8.05. The number of allylic oxidation sites excluding steroid dienone is 11. The summed E-state index contributed by atoms with van der Waals surface area (Å²) in [6, 6.07) is -0.919. The molecule has 0 aromatic carbocycles. The smallest absolute Gasteiger partial charge is 0.306 e. The molecule has 10 heteroatoms. The van der Waals surface area contributed by atoms with Crippen LogP contribution in [-0.4, -0.2) is 69.4 Å². The van der Waals surface area contributed by atoms with Gasteiger partial charge in [0.25, 0.3) is 7.82 Å². The maximum Gasteiger partial charge on any atom is 0.306 e. The second-order valence-corrected chi connectivity index (χ2v) is 22.2. The van der Waals surface area contributed by atoms with Gasteiger partial charge in [-0.3, -0.25) is 14.2 Å². The molecule has 0 aliphatic heterocycles. The lowest BCUT2D eigenvalue weighted by molar-refractivity contribution is -0.870. The van der Waals surface area contributed by atoms with E-state index in [1.807, 2.05) is 33.3 Å². The molecule has 1 amide bonds. The summed E-state index contributed by atoms with van der Waals surface area (Å²) >= 11 is 0. The molecule has 412 valence electrons. The predicted molar refractivity (Wildman–Crippen MR) is 302 cm³/mol. The zero-order chi connectivity index (χ0) is 52.2. The van der Waals surface area contributed by atoms with Gasteiger partial charge in [0.1, 0.15) is 19.3 Å². The number of phosphoric ester groups is 1. The van der Waals surface area contributed by atoms with E-state index in [1.165, 1.54) is 122 Å². The van der Waals surface area contributed by atoms with Crippen LogP contribution in [0.4, 0.5) is 0 Å². The van der Waals surface area contributed by atoms with Crippen LogP contribution in [0.1, 0.15) is 252 Å². The number of likely N-dealkylation sites (N-methyl/N-ethyl adjacent to an activating group) is 1. The van der Waals surface area contributed by atoms with Crippen molar-refractivity contribution in [1.82, 2.24) is 5.32 Å². The molecule has 0 aromatic heterocycles. The Hall–Kier alpha value is -2.55. The molecule has 0 bridgehead atoms. The Morgan fingerprint density at radius 3 is 1.34 bits per heavy atom. The first-order valence-corrected chi connectivity index (χ1v) is 30.7. The number of rotatable bonds is 52. The summed E-state index contributed by atoms with van der Waals surface area (Å²) in [5.41, 5.74) is 0. The molecule has 3 atom stereocenters. The van der Waals surface area contributed by atoms with Crippen molar-refractivity contribution in [2.75, 3.05) is 40.9 Å². The van der Waals surface area contributed by atoms with E-state index >= 15 is 0 Å². The quantitative estimate of drug-likeness (QED) is 0.0212. The molecule has 0 aromatic rings. The molecule has 9 nitrogen and oxygen atoms in total. The van der Waals surface area contributed by atoms with Crippen molar-refractivity contribution in [2.45, 2.75) is 264 Å². The van der Waals surface area contributed by atoms with Crippen molar-refractivity contribution in [2.24, 2.45) is 0 Å². The first-order chi connectivity index (χ1) is 34.4. The van der Waals surface area contributed by atoms with Gasteiger partial charge in [-0.1, -0.05) is 222 Å². The highest BCUT2D eigenvalue weighted by Crippen LogP contribution is 2.38. The Balaban J connectivity index is 5.42. The topological polar surface area (TPSA) is 114 Å². The Morgan fingerprint density at radius 2 is 0.873 bits per heavy atom. The number of hydrogen-bond donors (Lipinski definition) is 1. The van der Waals surface area contributed by atoms with Crippen LogP contribution < -0.4 is 10.2 Å². The van der Waals surface area contributed by atoms with Crippen molar-refractivity contribution < 1.29 is 37.3 Å². The van der Waals surface area contributed by atoms with Gasteiger partial charge < -0.3 is 28.5 Å². The van der Waals surface area contributed by atoms with Crippen molar-refractivity contribution in [3.63, 3.8) is 0 Å². The number of unbranched alkanes of at least 4 members (excludes halogenated alkanes) is 26. The molecule has 0 aliphatic carbocycles. The molecular formula is C61H111N2O7P. The van der Waals surface area contributed by atoms with E-state index in [9.17, 15) is 19.0 Å². The van der Waals surface area contributed by atoms with Gasteiger partial charge in [0.15, 0.2) is 0 Å². The summed E-state index contributed by atoms with van der Waals surface area (Å²) in [6.45, 7) is 6.75. The molecule has 71 heavy (non-hydrogen) atoms. The monoisotopic (exact) mass is 1010 g/mol. The summed E-state index contributed by atoms with van der Waals surface area (Å²) in [4.78, 5) is 39.8. The second kappa shape index (κ2) is 51.0. The SMILES string of the molecule is CCCCC/C=C\C/C=C\C/C=C\CCCCCCCCC(=O)NC(COP(=O)([O-])OCC[N+](C)(C)C)C(/C=C\CCCCCCCCCCCCC)OC(=O)CC/C=C/C/C=C\CCCCCCCC. The lowest BCUT2D eigenvalue weighted by Crippen LogP contribution is -2.47. The van der Waals surface area contributed by atoms with E-state index < -0.39 is 32.5 Å². The lowest BCUT2D eigenvalue weighted by Gasteiger charge is -2.30. The Bertz CT molecular complexity index is 1450. The van der Waals surface area contributed by atoms with E-state index in [-0.39, 0.29) is 25.4 Å². The van der Waals surface area contributed by atoms with Crippen LogP contribution in [0.2, 0.25) is 0 Å². The third-order valence-corrected chi connectivity index (χ3v) is 13.6. The number of carbonyl (C=O) groups excluding carboxylic acids is 2. The third-order valence-electron chi connectivity index (χ3n) is 12.6. The Labute approximate surface area is 438 Å². The minimum absolute atomic E-state index is 0.0348. The number of carbonyl (C=O) groups is 2. The van der Waals surface area contributed by atoms with Gasteiger partial charge in [0, 0.05) is 12.8 Å². The molecule has 3 unspecified atom stereocenters. The first kappa shape index (κ1) is 68.5. The molecule has 0 radical (unpaired) electrons. The fraction of sp³-hybridized carbons (Fsp3) is 0.770. The van der Waals surface area contributed by atoms with Crippen LogP contribution in [0.5, 0.6) is 0 Å². The number of phosphoric acid groups is 1. The number of nitrogens with zero attached hydrogens (tertiary/aromatic N) is 1. The average Bonchev–Trinajstić information content (AvgIpc) is 3.33. The van der Waals surface area contributed by atoms with E-state index in [0.717, 1.165) is 83.5 Å². The zero-order valence-corrected chi connectivity index (χ0v) is 47.8. The first-order valence-electron chi connectivity index (χ1n) is 29.2. The van der Waals surface area contributed by atoms with Gasteiger partial charge in [0.05, 0.1) is 33.8 Å². The van der Waals surface area contributed by atoms with Crippen LogP contribution in [0, 0.1) is 0 Å². The summed E-state index contributed by atoms with van der Waals surface area (Å²) in [7, 11) is 1.14. The highest BCUT2D eigenvalue weighted by atomic mass is 31.2. The molecule has 0 rings (SSSR count). The predicted octanol–water partition coefficient (Wildman–Crippen LogP) is 17.0. The van der Waals surface area contributed by atoms with Gasteiger partial charge in [-0.05, 0) is 89.5 Å². The van der Waals surface area contributed by atoms with Crippen LogP contribution in [0.25, 0.3) is 0 Å². The number of esters is 1. The number of ether oxygens (including phenoxy) is 1. The van der Waals surface area contributed by atoms with Gasteiger partial charge in [-0.2, -0.15) is 0 Å². The minimum Gasteiger partial charge on any atom is -0.756 e. The number of amides is 1. The minimum atomic E-state index is -4.71. The normalized spacial score (nSPS) is 14.3. The van der Waals surface area contributed by atoms with Gasteiger partial charge in [0.2, 0.25) is 5.91 Å². The van der Waals surface area contributed by atoms with Gasteiger partial charge in [-0.25, -0.2) is 0 Å². The maximum atomic E-state index is 13.5. The number of hydrogen-bond acceptors (Lipinski definition) is 7. The van der Waals surface area contributed by atoms with E-state index in [4.69, 9.17) is 13.8 Å². The molecule has 0 heterocycles. The van der Waals surface area contributed by atoms with Crippen LogP contribution in [-0.2, 0) is 27.9 Å². The number of quaternary nitrogens is 1. The highest BCUT2D eigenvalue weighted by Gasteiger charge is 2.27. The summed E-state index contributed by atoms with van der Waals surface area (Å²) in [6.07, 6.45) is 64.5. The highest BCUT2D eigenvalue weighted by molar-refractivity contribution is 7.45. The summed E-state index contributed by atoms with van der Waals surface area (Å²) in [5.74, 6) is -0.634. The molecule has 0 saturated heterocycles. The number of nitrogens with one attached hydrogen (secondary N) is 1. The molecule has 0 aliphatic rings. The molecule has 1 N–H and O–H groups in total. The van der Waals surface area contributed by atoms with Crippen molar-refractivity contribution in [3.05, 3.63) is 72.9 Å². The standard InChI is InChI=1S/C61H111N2O7P/c1-7-10-13-16-19-22-25-28-29-30-31-32-33-36-38-41-44-47-50-53-60(64)62-58(57-69-71(66,67)68-56-55-63(4,5)6)59(52-49-46-43-40-37-34-26-23-20-17-14-11-8-2)70-61(65)54-51-48-45-42-39-35-27-24-21-18-15-12-9-3/h19,22,28-29,31-32,35,39,45,48-49,52,58-59H,7-18,20-21,23-27,30,33-34,36-38,40-44,46-47,50-51,53-57H2,1-6H3,(H-,62,64,66,67)/b22-19-,29-28-,32-31-,39-35-,48-45+,52-49-. The molecular weight excluding hydrogens is 904 g/mol. The third kappa shape index (κ3) is 52.1.